The summed E-state index contributed by atoms with van der Waals surface area (Å²) in [5.74, 6) is -0.171. The van der Waals surface area contributed by atoms with Crippen molar-refractivity contribution in [3.05, 3.63) is 0 Å². The van der Waals surface area contributed by atoms with Crippen molar-refractivity contribution in [2.75, 3.05) is 20.3 Å². The average Bonchev–Trinajstić information content (AvgIpc) is 2.20. The van der Waals surface area contributed by atoms with Gasteiger partial charge in [0.1, 0.15) is 0 Å². The van der Waals surface area contributed by atoms with Crippen LogP contribution in [-0.4, -0.2) is 37.3 Å². The SMILES string of the molecule is COCC1CCCCN1OC(=O)C(C)(C)C. The van der Waals surface area contributed by atoms with Crippen molar-refractivity contribution in [2.45, 2.75) is 46.1 Å². The summed E-state index contributed by atoms with van der Waals surface area (Å²) in [6.07, 6.45) is 3.29. The molecule has 0 aromatic carbocycles. The van der Waals surface area contributed by atoms with Crippen molar-refractivity contribution in [2.24, 2.45) is 5.41 Å². The number of hydroxylamine groups is 2. The molecule has 0 amide bonds. The maximum absolute atomic E-state index is 11.8. The van der Waals surface area contributed by atoms with Crippen LogP contribution in [0.1, 0.15) is 40.0 Å². The highest BCUT2D eigenvalue weighted by Crippen LogP contribution is 2.22. The summed E-state index contributed by atoms with van der Waals surface area (Å²) in [5, 5.41) is 1.79. The van der Waals surface area contributed by atoms with E-state index in [4.69, 9.17) is 9.57 Å². The molecule has 0 aromatic rings. The molecule has 1 aliphatic heterocycles. The third kappa shape index (κ3) is 3.76. The number of hydrogen-bond donors (Lipinski definition) is 0. The summed E-state index contributed by atoms with van der Waals surface area (Å²) in [7, 11) is 1.68. The summed E-state index contributed by atoms with van der Waals surface area (Å²) < 4.78 is 5.15. The zero-order valence-corrected chi connectivity index (χ0v) is 10.8. The van der Waals surface area contributed by atoms with E-state index < -0.39 is 5.41 Å². The fraction of sp³-hybridized carbons (Fsp3) is 0.917. The van der Waals surface area contributed by atoms with E-state index in [1.54, 1.807) is 12.2 Å². The summed E-state index contributed by atoms with van der Waals surface area (Å²) in [6.45, 7) is 7.03. The zero-order chi connectivity index (χ0) is 12.2. The highest BCUT2D eigenvalue weighted by atomic mass is 16.7. The van der Waals surface area contributed by atoms with Gasteiger partial charge in [0.2, 0.25) is 0 Å². The van der Waals surface area contributed by atoms with Crippen molar-refractivity contribution in [1.82, 2.24) is 5.06 Å². The molecule has 1 aliphatic rings. The van der Waals surface area contributed by atoms with E-state index in [1.165, 1.54) is 6.42 Å². The molecule has 1 atom stereocenters. The predicted octanol–water partition coefficient (Wildman–Crippen LogP) is 1.99. The molecule has 0 N–H and O–H groups in total. The zero-order valence-electron chi connectivity index (χ0n) is 10.8. The van der Waals surface area contributed by atoms with Gasteiger partial charge in [0, 0.05) is 13.7 Å². The fourth-order valence-electron chi connectivity index (χ4n) is 1.70. The molecule has 1 heterocycles. The van der Waals surface area contributed by atoms with E-state index in [1.807, 2.05) is 20.8 Å². The van der Waals surface area contributed by atoms with Crippen molar-refractivity contribution in [1.29, 1.82) is 0 Å². The van der Waals surface area contributed by atoms with Crippen LogP contribution in [0, 0.1) is 5.41 Å². The molecule has 1 saturated heterocycles. The van der Waals surface area contributed by atoms with E-state index in [9.17, 15) is 4.79 Å². The van der Waals surface area contributed by atoms with Crippen molar-refractivity contribution >= 4 is 5.97 Å². The Kier molecular flexibility index (Phi) is 4.74. The third-order valence-corrected chi connectivity index (χ3v) is 2.74. The van der Waals surface area contributed by atoms with E-state index in [0.29, 0.717) is 6.61 Å². The number of rotatable bonds is 3. The quantitative estimate of drug-likeness (QED) is 0.742. The second-order valence-corrected chi connectivity index (χ2v) is 5.37. The van der Waals surface area contributed by atoms with Gasteiger partial charge in [-0.2, -0.15) is 0 Å². The monoisotopic (exact) mass is 229 g/mol. The minimum absolute atomic E-state index is 0.171. The summed E-state index contributed by atoms with van der Waals surface area (Å²) in [5.41, 5.74) is -0.449. The molecule has 0 radical (unpaired) electrons. The van der Waals surface area contributed by atoms with Crippen LogP contribution >= 0.6 is 0 Å². The lowest BCUT2D eigenvalue weighted by Crippen LogP contribution is -2.45. The number of carbonyl (C=O) groups is 1. The van der Waals surface area contributed by atoms with E-state index in [2.05, 4.69) is 0 Å². The van der Waals surface area contributed by atoms with Crippen molar-refractivity contribution < 1.29 is 14.4 Å². The lowest BCUT2D eigenvalue weighted by atomic mass is 9.97. The number of nitrogens with zero attached hydrogens (tertiary/aromatic N) is 1. The Morgan fingerprint density at radius 2 is 2.06 bits per heavy atom. The summed E-state index contributed by atoms with van der Waals surface area (Å²) >= 11 is 0. The molecule has 4 nitrogen and oxygen atoms in total. The first-order valence-corrected chi connectivity index (χ1v) is 5.93. The molecule has 1 unspecified atom stereocenters. The predicted molar refractivity (Wildman–Crippen MR) is 61.8 cm³/mol. The molecule has 0 spiro atoms. The first kappa shape index (κ1) is 13.5. The van der Waals surface area contributed by atoms with Crippen LogP contribution in [0.3, 0.4) is 0 Å². The topological polar surface area (TPSA) is 38.8 Å². The van der Waals surface area contributed by atoms with Gasteiger partial charge in [0.25, 0.3) is 0 Å². The van der Waals surface area contributed by atoms with Gasteiger partial charge in [-0.15, -0.1) is 5.06 Å². The summed E-state index contributed by atoms with van der Waals surface area (Å²) in [4.78, 5) is 17.2. The molecule has 0 aliphatic carbocycles. The van der Waals surface area contributed by atoms with Crippen LogP contribution in [0.4, 0.5) is 0 Å². The highest BCUT2D eigenvalue weighted by Gasteiger charge is 2.30. The van der Waals surface area contributed by atoms with Crippen LogP contribution in [0.5, 0.6) is 0 Å². The van der Waals surface area contributed by atoms with Gasteiger partial charge >= 0.3 is 5.97 Å². The number of ether oxygens (including phenoxy) is 1. The van der Waals surface area contributed by atoms with Crippen LogP contribution in [0.15, 0.2) is 0 Å². The number of hydrogen-bond acceptors (Lipinski definition) is 4. The average molecular weight is 229 g/mol. The number of methoxy groups -OCH3 is 1. The maximum atomic E-state index is 11.8. The molecule has 16 heavy (non-hydrogen) atoms. The lowest BCUT2D eigenvalue weighted by molar-refractivity contribution is -0.221. The summed E-state index contributed by atoms with van der Waals surface area (Å²) in [6, 6.07) is 0.213. The molecule has 1 rings (SSSR count). The van der Waals surface area contributed by atoms with E-state index >= 15 is 0 Å². The number of carbonyl (C=O) groups excluding carboxylic acids is 1. The molecular formula is C12H23NO3. The van der Waals surface area contributed by atoms with Crippen LogP contribution in [0.25, 0.3) is 0 Å². The van der Waals surface area contributed by atoms with Gasteiger partial charge in [-0.25, -0.2) is 4.79 Å². The first-order valence-electron chi connectivity index (χ1n) is 5.93. The lowest BCUT2D eigenvalue weighted by Gasteiger charge is -2.34. The Labute approximate surface area is 97.9 Å². The molecule has 0 bridgehead atoms. The molecule has 0 aromatic heterocycles. The van der Waals surface area contributed by atoms with Crippen molar-refractivity contribution in [3.8, 4) is 0 Å². The normalized spacial score (nSPS) is 23.1. The van der Waals surface area contributed by atoms with Gasteiger partial charge in [-0.1, -0.05) is 6.42 Å². The van der Waals surface area contributed by atoms with Gasteiger partial charge in [-0.05, 0) is 33.6 Å². The Bertz CT molecular complexity index is 233. The second kappa shape index (κ2) is 5.64. The maximum Gasteiger partial charge on any atom is 0.330 e. The van der Waals surface area contributed by atoms with Crippen LogP contribution in [0.2, 0.25) is 0 Å². The first-order chi connectivity index (χ1) is 7.45. The molecule has 4 heteroatoms. The van der Waals surface area contributed by atoms with E-state index in [0.717, 1.165) is 19.4 Å². The van der Waals surface area contributed by atoms with Gasteiger partial charge < -0.3 is 9.57 Å². The smallest absolute Gasteiger partial charge is 0.330 e. The van der Waals surface area contributed by atoms with Crippen LogP contribution < -0.4 is 0 Å². The Morgan fingerprint density at radius 3 is 2.62 bits per heavy atom. The molecule has 1 fully saturated rings. The Morgan fingerprint density at radius 1 is 1.38 bits per heavy atom. The molecule has 94 valence electrons. The van der Waals surface area contributed by atoms with Crippen LogP contribution in [-0.2, 0) is 14.4 Å². The highest BCUT2D eigenvalue weighted by molar-refractivity contribution is 5.75. The Hall–Kier alpha value is -0.610. The largest absolute Gasteiger partial charge is 0.383 e. The van der Waals surface area contributed by atoms with Crippen molar-refractivity contribution in [3.63, 3.8) is 0 Å². The van der Waals surface area contributed by atoms with Gasteiger partial charge in [0.05, 0.1) is 18.1 Å². The minimum Gasteiger partial charge on any atom is -0.383 e. The third-order valence-electron chi connectivity index (χ3n) is 2.74. The van der Waals surface area contributed by atoms with Gasteiger partial charge in [-0.3, -0.25) is 0 Å². The fourth-order valence-corrected chi connectivity index (χ4v) is 1.70. The van der Waals surface area contributed by atoms with Gasteiger partial charge in [0.15, 0.2) is 0 Å². The molecule has 0 saturated carbocycles. The number of piperidine rings is 1. The standard InChI is InChI=1S/C12H23NO3/c1-12(2,3)11(14)16-13-8-6-5-7-10(13)9-15-4/h10H,5-9H2,1-4H3. The minimum atomic E-state index is -0.449. The van der Waals surface area contributed by atoms with E-state index in [-0.39, 0.29) is 12.0 Å². The molecular weight excluding hydrogens is 206 g/mol. The Balaban J connectivity index is 2.52. The second-order valence-electron chi connectivity index (χ2n) is 5.37.